The molecule has 0 radical (unpaired) electrons. The Morgan fingerprint density at radius 1 is 1.00 bits per heavy atom. The highest BCUT2D eigenvalue weighted by atomic mass is 35.5. The minimum Gasteiger partial charge on any atom is -0.493 e. The van der Waals surface area contributed by atoms with Gasteiger partial charge in [0.1, 0.15) is 0 Å². The van der Waals surface area contributed by atoms with Crippen LogP contribution in [-0.2, 0) is 6.54 Å². The Morgan fingerprint density at radius 3 is 2.29 bits per heavy atom. The quantitative estimate of drug-likeness (QED) is 0.837. The number of rotatable bonds is 6. The fourth-order valence-electron chi connectivity index (χ4n) is 2.25. The number of ether oxygens (including phenoxy) is 3. The van der Waals surface area contributed by atoms with Crippen molar-refractivity contribution in [2.75, 3.05) is 21.3 Å². The molecule has 0 aliphatic heterocycles. The van der Waals surface area contributed by atoms with E-state index in [1.807, 2.05) is 0 Å². The van der Waals surface area contributed by atoms with Crippen LogP contribution in [0, 0.1) is 0 Å². The van der Waals surface area contributed by atoms with Gasteiger partial charge < -0.3 is 19.5 Å². The van der Waals surface area contributed by atoms with Gasteiger partial charge in [-0.1, -0.05) is 23.2 Å². The molecule has 0 unspecified atom stereocenters. The topological polar surface area (TPSA) is 56.8 Å². The number of halogens is 2. The predicted octanol–water partition coefficient (Wildman–Crippen LogP) is 3.95. The third-order valence-electron chi connectivity index (χ3n) is 3.40. The lowest BCUT2D eigenvalue weighted by molar-refractivity contribution is 0.0951. The van der Waals surface area contributed by atoms with Gasteiger partial charge in [-0.25, -0.2) is 0 Å². The van der Waals surface area contributed by atoms with E-state index in [4.69, 9.17) is 37.4 Å². The second-order valence-electron chi connectivity index (χ2n) is 4.80. The first kappa shape index (κ1) is 18.2. The number of nitrogens with one attached hydrogen (secondary N) is 1. The fraction of sp³-hybridized carbons (Fsp3) is 0.235. The third kappa shape index (κ3) is 3.86. The van der Waals surface area contributed by atoms with Crippen molar-refractivity contribution in [3.63, 3.8) is 0 Å². The van der Waals surface area contributed by atoms with Gasteiger partial charge in [0.15, 0.2) is 11.5 Å². The molecule has 0 spiro atoms. The van der Waals surface area contributed by atoms with Gasteiger partial charge in [0.2, 0.25) is 5.75 Å². The van der Waals surface area contributed by atoms with Crippen molar-refractivity contribution in [2.45, 2.75) is 6.54 Å². The Labute approximate surface area is 150 Å². The molecule has 128 valence electrons. The zero-order chi connectivity index (χ0) is 17.7. The average Bonchev–Trinajstić information content (AvgIpc) is 2.58. The summed E-state index contributed by atoms with van der Waals surface area (Å²) in [5.74, 6) is 1.20. The molecule has 0 bridgehead atoms. The molecule has 0 atom stereocenters. The lowest BCUT2D eigenvalue weighted by Crippen LogP contribution is -2.23. The number of carbonyl (C=O) groups excluding carboxylic acids is 1. The van der Waals surface area contributed by atoms with Gasteiger partial charge in [0.05, 0.1) is 31.9 Å². The van der Waals surface area contributed by atoms with Crippen LogP contribution in [0.1, 0.15) is 15.9 Å². The Hall–Kier alpha value is -2.11. The first-order chi connectivity index (χ1) is 11.5. The molecule has 0 saturated carbocycles. The fourth-order valence-corrected chi connectivity index (χ4v) is 2.74. The average molecular weight is 370 g/mol. The molecule has 0 saturated heterocycles. The molecule has 0 fully saturated rings. The molecule has 0 aromatic heterocycles. The number of carbonyl (C=O) groups is 1. The van der Waals surface area contributed by atoms with Crippen molar-refractivity contribution in [3.05, 3.63) is 51.5 Å². The molecule has 1 amide bonds. The van der Waals surface area contributed by atoms with Crippen molar-refractivity contribution in [3.8, 4) is 17.2 Å². The largest absolute Gasteiger partial charge is 0.493 e. The lowest BCUT2D eigenvalue weighted by atomic mass is 10.1. The SMILES string of the molecule is COc1ccc(CNC(=O)c2ccc(Cl)cc2Cl)c(OC)c1OC. The van der Waals surface area contributed by atoms with Crippen molar-refractivity contribution in [1.82, 2.24) is 5.32 Å². The number of hydrogen-bond acceptors (Lipinski definition) is 4. The summed E-state index contributed by atoms with van der Waals surface area (Å²) in [6, 6.07) is 8.25. The number of methoxy groups -OCH3 is 3. The highest BCUT2D eigenvalue weighted by Gasteiger charge is 2.17. The number of amides is 1. The predicted molar refractivity (Wildman–Crippen MR) is 93.7 cm³/mol. The second-order valence-corrected chi connectivity index (χ2v) is 5.64. The highest BCUT2D eigenvalue weighted by Crippen LogP contribution is 2.39. The van der Waals surface area contributed by atoms with E-state index in [1.54, 1.807) is 31.4 Å². The standard InChI is InChI=1S/C17H17Cl2NO4/c1-22-14-7-4-10(15(23-2)16(14)24-3)9-20-17(21)12-6-5-11(18)8-13(12)19/h4-8H,9H2,1-3H3,(H,20,21). The highest BCUT2D eigenvalue weighted by molar-refractivity contribution is 6.36. The molecule has 5 nitrogen and oxygen atoms in total. The third-order valence-corrected chi connectivity index (χ3v) is 3.95. The van der Waals surface area contributed by atoms with Gasteiger partial charge in [-0.2, -0.15) is 0 Å². The molecular formula is C17H17Cl2NO4. The van der Waals surface area contributed by atoms with Crippen LogP contribution >= 0.6 is 23.2 Å². The summed E-state index contributed by atoms with van der Waals surface area (Å²) in [4.78, 5) is 12.3. The van der Waals surface area contributed by atoms with Gasteiger partial charge >= 0.3 is 0 Å². The van der Waals surface area contributed by atoms with Crippen LogP contribution in [0.2, 0.25) is 10.0 Å². The van der Waals surface area contributed by atoms with E-state index in [-0.39, 0.29) is 12.5 Å². The van der Waals surface area contributed by atoms with Crippen LogP contribution < -0.4 is 19.5 Å². The Balaban J connectivity index is 2.21. The van der Waals surface area contributed by atoms with Crippen molar-refractivity contribution in [2.24, 2.45) is 0 Å². The van der Waals surface area contributed by atoms with E-state index in [1.165, 1.54) is 20.3 Å². The molecule has 2 aromatic carbocycles. The van der Waals surface area contributed by atoms with Crippen molar-refractivity contribution < 1.29 is 19.0 Å². The monoisotopic (exact) mass is 369 g/mol. The Kier molecular flexibility index (Phi) is 6.17. The minimum atomic E-state index is -0.312. The molecule has 1 N–H and O–H groups in total. The molecule has 24 heavy (non-hydrogen) atoms. The number of hydrogen-bond donors (Lipinski definition) is 1. The van der Waals surface area contributed by atoms with Gasteiger partial charge in [0, 0.05) is 17.1 Å². The lowest BCUT2D eigenvalue weighted by Gasteiger charge is -2.16. The number of benzene rings is 2. The molecule has 0 heterocycles. The van der Waals surface area contributed by atoms with Crippen LogP contribution in [0.3, 0.4) is 0 Å². The van der Waals surface area contributed by atoms with E-state index < -0.39 is 0 Å². The van der Waals surface area contributed by atoms with Gasteiger partial charge in [-0.05, 0) is 30.3 Å². The zero-order valence-electron chi connectivity index (χ0n) is 13.5. The van der Waals surface area contributed by atoms with E-state index in [2.05, 4.69) is 5.32 Å². The zero-order valence-corrected chi connectivity index (χ0v) is 15.0. The maximum atomic E-state index is 12.3. The summed E-state index contributed by atoms with van der Waals surface area (Å²) in [6.07, 6.45) is 0. The van der Waals surface area contributed by atoms with Crippen molar-refractivity contribution >= 4 is 29.1 Å². The Bertz CT molecular complexity index is 750. The summed E-state index contributed by atoms with van der Waals surface area (Å²) in [5.41, 5.74) is 1.09. The smallest absolute Gasteiger partial charge is 0.253 e. The van der Waals surface area contributed by atoms with Gasteiger partial charge in [-0.3, -0.25) is 4.79 Å². The maximum absolute atomic E-state index is 12.3. The van der Waals surface area contributed by atoms with Crippen LogP contribution in [-0.4, -0.2) is 27.2 Å². The van der Waals surface area contributed by atoms with Crippen LogP contribution in [0.25, 0.3) is 0 Å². The second kappa shape index (κ2) is 8.13. The first-order valence-electron chi connectivity index (χ1n) is 7.03. The van der Waals surface area contributed by atoms with Crippen LogP contribution in [0.4, 0.5) is 0 Å². The van der Waals surface area contributed by atoms with Crippen LogP contribution in [0.5, 0.6) is 17.2 Å². The normalized spacial score (nSPS) is 10.2. The van der Waals surface area contributed by atoms with E-state index in [0.29, 0.717) is 32.9 Å². The Morgan fingerprint density at radius 2 is 1.71 bits per heavy atom. The summed E-state index contributed by atoms with van der Waals surface area (Å²) < 4.78 is 15.9. The first-order valence-corrected chi connectivity index (χ1v) is 7.78. The van der Waals surface area contributed by atoms with E-state index in [9.17, 15) is 4.79 Å². The minimum absolute atomic E-state index is 0.237. The van der Waals surface area contributed by atoms with E-state index >= 15 is 0 Å². The van der Waals surface area contributed by atoms with E-state index in [0.717, 1.165) is 5.56 Å². The summed E-state index contributed by atoms with van der Waals surface area (Å²) in [7, 11) is 4.59. The molecular weight excluding hydrogens is 353 g/mol. The van der Waals surface area contributed by atoms with Crippen molar-refractivity contribution in [1.29, 1.82) is 0 Å². The molecule has 7 heteroatoms. The molecule has 2 rings (SSSR count). The molecule has 0 aliphatic rings. The van der Waals surface area contributed by atoms with Crippen LogP contribution in [0.15, 0.2) is 30.3 Å². The maximum Gasteiger partial charge on any atom is 0.253 e. The summed E-state index contributed by atoms with van der Waals surface area (Å²) in [5, 5.41) is 3.56. The molecule has 2 aromatic rings. The summed E-state index contributed by atoms with van der Waals surface area (Å²) in [6.45, 7) is 0.237. The molecule has 0 aliphatic carbocycles. The van der Waals surface area contributed by atoms with Gasteiger partial charge in [0.25, 0.3) is 5.91 Å². The summed E-state index contributed by atoms with van der Waals surface area (Å²) >= 11 is 11.9. The van der Waals surface area contributed by atoms with Gasteiger partial charge in [-0.15, -0.1) is 0 Å².